The number of rotatable bonds is 4. The van der Waals surface area contributed by atoms with Gasteiger partial charge in [0, 0.05) is 5.92 Å². The number of ether oxygens (including phenoxy) is 1. The Morgan fingerprint density at radius 3 is 2.74 bits per heavy atom. The van der Waals surface area contributed by atoms with Crippen LogP contribution in [0.4, 0.5) is 0 Å². The number of benzene rings is 1. The molecule has 2 rings (SSSR count). The van der Waals surface area contributed by atoms with Crippen LogP contribution in [0.15, 0.2) is 18.2 Å². The van der Waals surface area contributed by atoms with Gasteiger partial charge in [-0.15, -0.1) is 0 Å². The molecule has 1 fully saturated rings. The molecule has 0 aliphatic heterocycles. The molecule has 1 aromatic rings. The third-order valence-electron chi connectivity index (χ3n) is 3.13. The van der Waals surface area contributed by atoms with Crippen LogP contribution in [0, 0.1) is 5.92 Å². The van der Waals surface area contributed by atoms with E-state index in [1.54, 1.807) is 12.1 Å². The lowest BCUT2D eigenvalue weighted by atomic mass is 10.1. The first-order chi connectivity index (χ1) is 9.02. The maximum Gasteiger partial charge on any atom is 0.325 e. The van der Waals surface area contributed by atoms with Crippen LogP contribution < -0.4 is 5.32 Å². The highest BCUT2D eigenvalue weighted by molar-refractivity contribution is 6.42. The first-order valence-electron chi connectivity index (χ1n) is 5.82. The highest BCUT2D eigenvalue weighted by Gasteiger charge is 2.44. The maximum atomic E-state index is 11.8. The standard InChI is InChI=1S/C13H13Cl2NO3/c1-19-12(17)6-16-13(18)9-5-8(9)7-2-3-10(14)11(15)4-7/h2-4,8-9H,5-6H2,1H3,(H,16,18). The van der Waals surface area contributed by atoms with E-state index in [9.17, 15) is 9.59 Å². The molecule has 6 heteroatoms. The molecule has 0 aromatic heterocycles. The molecule has 1 N–H and O–H groups in total. The minimum absolute atomic E-state index is 0.0973. The number of nitrogens with one attached hydrogen (secondary N) is 1. The van der Waals surface area contributed by atoms with Crippen molar-refractivity contribution in [2.75, 3.05) is 13.7 Å². The van der Waals surface area contributed by atoms with Gasteiger partial charge in [0.05, 0.1) is 17.2 Å². The fraction of sp³-hybridized carbons (Fsp3) is 0.385. The quantitative estimate of drug-likeness (QED) is 0.869. The molecule has 0 radical (unpaired) electrons. The summed E-state index contributed by atoms with van der Waals surface area (Å²) in [6.07, 6.45) is 0.755. The molecule has 0 heterocycles. The average Bonchev–Trinajstić information content (AvgIpc) is 3.19. The number of carbonyl (C=O) groups excluding carboxylic acids is 2. The van der Waals surface area contributed by atoms with Gasteiger partial charge in [-0.3, -0.25) is 9.59 Å². The van der Waals surface area contributed by atoms with Crippen molar-refractivity contribution < 1.29 is 14.3 Å². The lowest BCUT2D eigenvalue weighted by Gasteiger charge is -2.04. The molecule has 0 bridgehead atoms. The number of esters is 1. The summed E-state index contributed by atoms with van der Waals surface area (Å²) in [6, 6.07) is 5.37. The summed E-state index contributed by atoms with van der Waals surface area (Å²) < 4.78 is 4.46. The van der Waals surface area contributed by atoms with Crippen LogP contribution in [0.3, 0.4) is 0 Å². The van der Waals surface area contributed by atoms with Crippen molar-refractivity contribution in [2.24, 2.45) is 5.92 Å². The predicted molar refractivity (Wildman–Crippen MR) is 72.3 cm³/mol. The van der Waals surface area contributed by atoms with Gasteiger partial charge < -0.3 is 10.1 Å². The summed E-state index contributed by atoms with van der Waals surface area (Å²) in [5, 5.41) is 3.53. The normalized spacial score (nSPS) is 20.8. The van der Waals surface area contributed by atoms with E-state index in [1.807, 2.05) is 6.07 Å². The van der Waals surface area contributed by atoms with Gasteiger partial charge in [0.15, 0.2) is 0 Å². The van der Waals surface area contributed by atoms with Gasteiger partial charge >= 0.3 is 5.97 Å². The van der Waals surface area contributed by atoms with E-state index in [2.05, 4.69) is 10.1 Å². The van der Waals surface area contributed by atoms with E-state index >= 15 is 0 Å². The zero-order chi connectivity index (χ0) is 14.0. The van der Waals surface area contributed by atoms with E-state index in [4.69, 9.17) is 23.2 Å². The second-order valence-corrected chi connectivity index (χ2v) is 5.23. The highest BCUT2D eigenvalue weighted by atomic mass is 35.5. The van der Waals surface area contributed by atoms with Gasteiger partial charge in [0.25, 0.3) is 0 Å². The van der Waals surface area contributed by atoms with Crippen molar-refractivity contribution in [1.82, 2.24) is 5.32 Å². The highest BCUT2D eigenvalue weighted by Crippen LogP contribution is 2.48. The smallest absolute Gasteiger partial charge is 0.325 e. The molecule has 1 saturated carbocycles. The number of hydrogen-bond acceptors (Lipinski definition) is 3. The summed E-state index contributed by atoms with van der Waals surface area (Å²) in [5.74, 6) is -0.559. The van der Waals surface area contributed by atoms with Crippen molar-refractivity contribution in [1.29, 1.82) is 0 Å². The second-order valence-electron chi connectivity index (χ2n) is 4.42. The Kier molecular flexibility index (Phi) is 4.32. The first-order valence-corrected chi connectivity index (χ1v) is 6.58. The zero-order valence-corrected chi connectivity index (χ0v) is 11.8. The molecule has 102 valence electrons. The summed E-state index contributed by atoms with van der Waals surface area (Å²) in [7, 11) is 1.28. The largest absolute Gasteiger partial charge is 0.468 e. The van der Waals surface area contributed by atoms with E-state index < -0.39 is 5.97 Å². The molecule has 19 heavy (non-hydrogen) atoms. The molecule has 2 unspecified atom stereocenters. The van der Waals surface area contributed by atoms with Crippen molar-refractivity contribution in [3.8, 4) is 0 Å². The van der Waals surface area contributed by atoms with Crippen LogP contribution in [0.25, 0.3) is 0 Å². The molecule has 4 nitrogen and oxygen atoms in total. The van der Waals surface area contributed by atoms with Gasteiger partial charge in [-0.25, -0.2) is 0 Å². The summed E-state index contributed by atoms with van der Waals surface area (Å²) in [4.78, 5) is 22.7. The Balaban J connectivity index is 1.91. The number of halogens is 2. The molecule has 1 amide bonds. The Morgan fingerprint density at radius 1 is 1.37 bits per heavy atom. The molecule has 0 saturated heterocycles. The number of amides is 1. The van der Waals surface area contributed by atoms with Gasteiger partial charge in [0.2, 0.25) is 5.91 Å². The topological polar surface area (TPSA) is 55.4 Å². The summed E-state index contributed by atoms with van der Waals surface area (Å²) in [5.41, 5.74) is 0.993. The van der Waals surface area contributed by atoms with Gasteiger partial charge in [0.1, 0.15) is 6.54 Å². The molecular formula is C13H13Cl2NO3. The number of carbonyl (C=O) groups is 2. The number of hydrogen-bond donors (Lipinski definition) is 1. The number of methoxy groups -OCH3 is 1. The molecular weight excluding hydrogens is 289 g/mol. The van der Waals surface area contributed by atoms with Crippen molar-refractivity contribution in [2.45, 2.75) is 12.3 Å². The fourth-order valence-corrected chi connectivity index (χ4v) is 2.27. The molecule has 0 spiro atoms. The molecule has 1 aliphatic carbocycles. The van der Waals surface area contributed by atoms with Gasteiger partial charge in [-0.2, -0.15) is 0 Å². The molecule has 1 aliphatic rings. The van der Waals surface area contributed by atoms with Crippen molar-refractivity contribution in [3.05, 3.63) is 33.8 Å². The maximum absolute atomic E-state index is 11.8. The van der Waals surface area contributed by atoms with Crippen LogP contribution in [-0.2, 0) is 14.3 Å². The van der Waals surface area contributed by atoms with Crippen LogP contribution in [0.1, 0.15) is 17.9 Å². The Bertz CT molecular complexity index is 519. The molecule has 2 atom stereocenters. The first kappa shape index (κ1) is 14.2. The Labute approximate surface area is 121 Å². The van der Waals surface area contributed by atoms with Crippen molar-refractivity contribution >= 4 is 35.1 Å². The van der Waals surface area contributed by atoms with E-state index in [0.29, 0.717) is 10.0 Å². The van der Waals surface area contributed by atoms with Crippen LogP contribution in [0.2, 0.25) is 10.0 Å². The summed E-state index contributed by atoms with van der Waals surface area (Å²) in [6.45, 7) is -0.0973. The van der Waals surface area contributed by atoms with Crippen molar-refractivity contribution in [3.63, 3.8) is 0 Å². The monoisotopic (exact) mass is 301 g/mol. The van der Waals surface area contributed by atoms with Gasteiger partial charge in [-0.05, 0) is 30.0 Å². The van der Waals surface area contributed by atoms with Crippen LogP contribution >= 0.6 is 23.2 Å². The Hall–Kier alpha value is -1.26. The molecule has 1 aromatic carbocycles. The summed E-state index contributed by atoms with van der Waals surface area (Å²) >= 11 is 11.8. The second kappa shape index (κ2) is 5.80. The zero-order valence-electron chi connectivity index (χ0n) is 10.3. The lowest BCUT2D eigenvalue weighted by Crippen LogP contribution is -2.31. The van der Waals surface area contributed by atoms with E-state index in [-0.39, 0.29) is 24.3 Å². The van der Waals surface area contributed by atoms with E-state index in [1.165, 1.54) is 7.11 Å². The minimum Gasteiger partial charge on any atom is -0.468 e. The van der Waals surface area contributed by atoms with Gasteiger partial charge in [-0.1, -0.05) is 29.3 Å². The van der Waals surface area contributed by atoms with E-state index in [0.717, 1.165) is 12.0 Å². The predicted octanol–water partition coefficient (Wildman–Crippen LogP) is 2.39. The fourth-order valence-electron chi connectivity index (χ4n) is 1.96. The Morgan fingerprint density at radius 2 is 2.11 bits per heavy atom. The van der Waals surface area contributed by atoms with Crippen LogP contribution in [0.5, 0.6) is 0 Å². The average molecular weight is 302 g/mol. The SMILES string of the molecule is COC(=O)CNC(=O)C1CC1c1ccc(Cl)c(Cl)c1. The third kappa shape index (κ3) is 3.39. The third-order valence-corrected chi connectivity index (χ3v) is 3.87. The lowest BCUT2D eigenvalue weighted by molar-refractivity contribution is -0.141. The minimum atomic E-state index is -0.458. The van der Waals surface area contributed by atoms with Crippen LogP contribution in [-0.4, -0.2) is 25.5 Å².